The van der Waals surface area contributed by atoms with E-state index in [1.54, 1.807) is 0 Å². The van der Waals surface area contributed by atoms with Gasteiger partial charge in [0.15, 0.2) is 0 Å². The third kappa shape index (κ3) is 9.75. The molecule has 2 heteroatoms. The Morgan fingerprint density at radius 2 is 1.74 bits per heavy atom. The Morgan fingerprint density at radius 1 is 1.05 bits per heavy atom. The molecule has 19 heavy (non-hydrogen) atoms. The van der Waals surface area contributed by atoms with E-state index in [1.165, 1.54) is 32.1 Å². The predicted molar refractivity (Wildman–Crippen MR) is 82.4 cm³/mol. The molecular formula is C17H32O2. The van der Waals surface area contributed by atoms with Crippen molar-refractivity contribution in [1.29, 1.82) is 0 Å². The third-order valence-electron chi connectivity index (χ3n) is 3.82. The van der Waals surface area contributed by atoms with E-state index in [1.807, 2.05) is 6.08 Å². The maximum atomic E-state index is 11.2. The largest absolute Gasteiger partial charge is 0.478 e. The summed E-state index contributed by atoms with van der Waals surface area (Å²) in [5.41, 5.74) is 0.631. The van der Waals surface area contributed by atoms with Crippen molar-refractivity contribution in [3.05, 3.63) is 11.6 Å². The van der Waals surface area contributed by atoms with Crippen molar-refractivity contribution in [3.8, 4) is 0 Å². The van der Waals surface area contributed by atoms with E-state index in [0.29, 0.717) is 11.5 Å². The minimum atomic E-state index is -0.721. The number of unbranched alkanes of at least 4 members (excludes halogenated alkanes) is 4. The highest BCUT2D eigenvalue weighted by Gasteiger charge is 2.09. The zero-order chi connectivity index (χ0) is 14.5. The van der Waals surface area contributed by atoms with Gasteiger partial charge in [-0.2, -0.15) is 0 Å². The van der Waals surface area contributed by atoms with Crippen LogP contribution in [0.4, 0.5) is 0 Å². The van der Waals surface area contributed by atoms with Crippen LogP contribution in [0, 0.1) is 5.92 Å². The van der Waals surface area contributed by atoms with Gasteiger partial charge in [-0.05, 0) is 25.2 Å². The molecule has 1 N–H and O–H groups in total. The lowest BCUT2D eigenvalue weighted by molar-refractivity contribution is -0.132. The van der Waals surface area contributed by atoms with Gasteiger partial charge in [-0.15, -0.1) is 0 Å². The highest BCUT2D eigenvalue weighted by atomic mass is 16.4. The molecule has 0 saturated carbocycles. The smallest absolute Gasteiger partial charge is 0.331 e. The summed E-state index contributed by atoms with van der Waals surface area (Å²) in [5, 5.41) is 9.22. The average Bonchev–Trinajstić information content (AvgIpc) is 2.40. The van der Waals surface area contributed by atoms with Gasteiger partial charge in [-0.1, -0.05) is 71.8 Å². The third-order valence-corrected chi connectivity index (χ3v) is 3.82. The van der Waals surface area contributed by atoms with Gasteiger partial charge in [-0.3, -0.25) is 0 Å². The molecule has 0 spiro atoms. The van der Waals surface area contributed by atoms with Crippen molar-refractivity contribution in [2.75, 3.05) is 0 Å². The normalized spacial score (nSPS) is 13.5. The first-order valence-corrected chi connectivity index (χ1v) is 8.07. The van der Waals surface area contributed by atoms with E-state index in [2.05, 4.69) is 20.8 Å². The Bertz CT molecular complexity index is 256. The molecule has 0 amide bonds. The first kappa shape index (κ1) is 18.2. The standard InChI is InChI=1S/C17H32O2/c1-4-7-9-10-12-16(17(18)19)14-13-15(6-3)11-8-5-2/h14-15H,4-13H2,1-3H3,(H,18,19). The fraction of sp³-hybridized carbons (Fsp3) is 0.824. The molecule has 0 aliphatic rings. The maximum Gasteiger partial charge on any atom is 0.331 e. The summed E-state index contributed by atoms with van der Waals surface area (Å²) in [7, 11) is 0. The van der Waals surface area contributed by atoms with Crippen molar-refractivity contribution in [3.63, 3.8) is 0 Å². The molecule has 0 saturated heterocycles. The van der Waals surface area contributed by atoms with Crippen LogP contribution in [0.5, 0.6) is 0 Å². The van der Waals surface area contributed by atoms with Crippen LogP contribution in [0.1, 0.15) is 85.0 Å². The molecule has 0 bridgehead atoms. The fourth-order valence-corrected chi connectivity index (χ4v) is 2.33. The van der Waals surface area contributed by atoms with Crippen molar-refractivity contribution in [2.45, 2.75) is 85.0 Å². The summed E-state index contributed by atoms with van der Waals surface area (Å²) >= 11 is 0. The number of carboxylic acid groups (broad SMARTS) is 1. The van der Waals surface area contributed by atoms with Crippen LogP contribution in [0.25, 0.3) is 0 Å². The van der Waals surface area contributed by atoms with Crippen molar-refractivity contribution in [1.82, 2.24) is 0 Å². The molecule has 0 aromatic carbocycles. The van der Waals surface area contributed by atoms with E-state index in [9.17, 15) is 9.90 Å². The van der Waals surface area contributed by atoms with Gasteiger partial charge in [0.05, 0.1) is 0 Å². The first-order valence-electron chi connectivity index (χ1n) is 8.07. The molecule has 0 aromatic rings. The zero-order valence-corrected chi connectivity index (χ0v) is 13.1. The lowest BCUT2D eigenvalue weighted by atomic mass is 9.94. The molecule has 0 fully saturated rings. The van der Waals surface area contributed by atoms with Gasteiger partial charge in [0.2, 0.25) is 0 Å². The summed E-state index contributed by atoms with van der Waals surface area (Å²) in [6, 6.07) is 0. The van der Waals surface area contributed by atoms with E-state index in [4.69, 9.17) is 0 Å². The van der Waals surface area contributed by atoms with Crippen molar-refractivity contribution >= 4 is 5.97 Å². The molecule has 1 atom stereocenters. The summed E-state index contributed by atoms with van der Waals surface area (Å²) in [6.45, 7) is 6.59. The summed E-state index contributed by atoms with van der Waals surface area (Å²) in [4.78, 5) is 11.2. The zero-order valence-electron chi connectivity index (χ0n) is 13.1. The Morgan fingerprint density at radius 3 is 2.26 bits per heavy atom. The first-order chi connectivity index (χ1) is 9.15. The fourth-order valence-electron chi connectivity index (χ4n) is 2.33. The minimum Gasteiger partial charge on any atom is -0.478 e. The Hall–Kier alpha value is -0.790. The van der Waals surface area contributed by atoms with Crippen LogP contribution in [0.3, 0.4) is 0 Å². The molecule has 0 aliphatic carbocycles. The summed E-state index contributed by atoms with van der Waals surface area (Å²) in [5.74, 6) is -0.0632. The highest BCUT2D eigenvalue weighted by Crippen LogP contribution is 2.20. The van der Waals surface area contributed by atoms with Gasteiger partial charge < -0.3 is 5.11 Å². The lowest BCUT2D eigenvalue weighted by Gasteiger charge is -2.12. The minimum absolute atomic E-state index is 0.631. The molecule has 0 rings (SSSR count). The van der Waals surface area contributed by atoms with Crippen LogP contribution < -0.4 is 0 Å². The number of carboxylic acids is 1. The van der Waals surface area contributed by atoms with E-state index in [0.717, 1.165) is 32.1 Å². The highest BCUT2D eigenvalue weighted by molar-refractivity contribution is 5.86. The SMILES string of the molecule is CCCCCCC(=CCC(CC)CCCC)C(=O)O. The molecule has 0 radical (unpaired) electrons. The lowest BCUT2D eigenvalue weighted by Crippen LogP contribution is -2.03. The number of aliphatic carboxylic acids is 1. The molecule has 1 unspecified atom stereocenters. The van der Waals surface area contributed by atoms with Gasteiger partial charge in [0.1, 0.15) is 0 Å². The van der Waals surface area contributed by atoms with Crippen LogP contribution >= 0.6 is 0 Å². The number of hydrogen-bond acceptors (Lipinski definition) is 1. The Balaban J connectivity index is 4.19. The van der Waals surface area contributed by atoms with Gasteiger partial charge in [0, 0.05) is 5.57 Å². The Kier molecular flexibility index (Phi) is 11.7. The number of allylic oxidation sites excluding steroid dienone is 1. The average molecular weight is 268 g/mol. The van der Waals surface area contributed by atoms with Crippen LogP contribution in [-0.2, 0) is 4.79 Å². The molecule has 112 valence electrons. The van der Waals surface area contributed by atoms with E-state index in [-0.39, 0.29) is 0 Å². The quantitative estimate of drug-likeness (QED) is 0.371. The predicted octanol–water partition coefficient (Wildman–Crippen LogP) is 5.57. The summed E-state index contributed by atoms with van der Waals surface area (Å²) in [6.07, 6.45) is 13.1. The second-order valence-corrected chi connectivity index (χ2v) is 5.50. The summed E-state index contributed by atoms with van der Waals surface area (Å²) < 4.78 is 0. The molecule has 0 heterocycles. The maximum absolute atomic E-state index is 11.2. The topological polar surface area (TPSA) is 37.3 Å². The second kappa shape index (κ2) is 12.3. The van der Waals surface area contributed by atoms with Gasteiger partial charge in [0.25, 0.3) is 0 Å². The number of hydrogen-bond donors (Lipinski definition) is 1. The number of rotatable bonds is 12. The van der Waals surface area contributed by atoms with Gasteiger partial charge in [-0.25, -0.2) is 4.79 Å². The van der Waals surface area contributed by atoms with Crippen molar-refractivity contribution in [2.24, 2.45) is 5.92 Å². The van der Waals surface area contributed by atoms with E-state index < -0.39 is 5.97 Å². The van der Waals surface area contributed by atoms with Crippen LogP contribution in [0.2, 0.25) is 0 Å². The van der Waals surface area contributed by atoms with Crippen LogP contribution in [0.15, 0.2) is 11.6 Å². The number of carbonyl (C=O) groups is 1. The molecule has 2 nitrogen and oxygen atoms in total. The van der Waals surface area contributed by atoms with Crippen LogP contribution in [-0.4, -0.2) is 11.1 Å². The molecule has 0 aromatic heterocycles. The Labute approximate surface area is 119 Å². The second-order valence-electron chi connectivity index (χ2n) is 5.50. The molecular weight excluding hydrogens is 236 g/mol. The van der Waals surface area contributed by atoms with Gasteiger partial charge >= 0.3 is 5.97 Å². The monoisotopic (exact) mass is 268 g/mol. The molecule has 0 aliphatic heterocycles. The van der Waals surface area contributed by atoms with E-state index >= 15 is 0 Å². The van der Waals surface area contributed by atoms with Crippen molar-refractivity contribution < 1.29 is 9.90 Å².